The highest BCUT2D eigenvalue weighted by molar-refractivity contribution is 8.13. The minimum Gasteiger partial charge on any atom is -0.486 e. The number of hydrogen-bond donors (Lipinski definition) is 1. The predicted octanol–water partition coefficient (Wildman–Crippen LogP) is 2.56. The summed E-state index contributed by atoms with van der Waals surface area (Å²) in [7, 11) is 0. The number of thiazole rings is 1. The summed E-state index contributed by atoms with van der Waals surface area (Å²) in [6.07, 6.45) is 0.269. The fraction of sp³-hybridized carbons (Fsp3) is 0.400. The second-order valence-corrected chi connectivity index (χ2v) is 7.46. The van der Waals surface area contributed by atoms with Gasteiger partial charge in [0.05, 0.1) is 10.2 Å². The molecule has 2 amide bonds. The van der Waals surface area contributed by atoms with E-state index in [0.717, 1.165) is 16.0 Å². The molecule has 2 aromatic rings. The number of benzene rings is 1. The first kappa shape index (κ1) is 15.5. The Kier molecular flexibility index (Phi) is 4.19. The molecule has 1 N–H and O–H groups in total. The van der Waals surface area contributed by atoms with E-state index in [2.05, 4.69) is 10.3 Å². The topological polar surface area (TPSA) is 80.8 Å². The number of rotatable bonds is 4. The number of carbonyl (C=O) groups is 2. The molecule has 126 valence electrons. The van der Waals surface area contributed by atoms with Crippen molar-refractivity contribution < 1.29 is 19.1 Å². The average molecular weight is 365 g/mol. The van der Waals surface area contributed by atoms with E-state index in [4.69, 9.17) is 9.47 Å². The number of nitrogens with one attached hydrogen (secondary N) is 1. The molecule has 2 aliphatic heterocycles. The number of hydrogen-bond acceptors (Lipinski definition) is 7. The van der Waals surface area contributed by atoms with Gasteiger partial charge in [0.1, 0.15) is 13.2 Å². The number of carbonyl (C=O) groups excluding carboxylic acids is 2. The minimum absolute atomic E-state index is 0.0494. The van der Waals surface area contributed by atoms with E-state index in [-0.39, 0.29) is 17.6 Å². The molecule has 1 fully saturated rings. The maximum atomic E-state index is 12.1. The van der Waals surface area contributed by atoms with Crippen LogP contribution in [0.1, 0.15) is 6.42 Å². The van der Waals surface area contributed by atoms with E-state index in [9.17, 15) is 9.59 Å². The lowest BCUT2D eigenvalue weighted by Gasteiger charge is -2.17. The van der Waals surface area contributed by atoms with Gasteiger partial charge < -0.3 is 19.7 Å². The van der Waals surface area contributed by atoms with Crippen LogP contribution in [-0.4, -0.2) is 53.1 Å². The van der Waals surface area contributed by atoms with Crippen molar-refractivity contribution in [2.45, 2.75) is 6.42 Å². The van der Waals surface area contributed by atoms with Gasteiger partial charge in [-0.2, -0.15) is 0 Å². The Morgan fingerprint density at radius 1 is 1.29 bits per heavy atom. The SMILES string of the molecule is O=C(CCN1CCSC1=O)Nc1nc2cc3c(cc2s1)OCCO3. The molecule has 0 spiro atoms. The molecule has 0 saturated carbocycles. The number of fused-ring (bicyclic) bond motifs is 2. The molecule has 1 aromatic carbocycles. The zero-order valence-corrected chi connectivity index (χ0v) is 14.4. The van der Waals surface area contributed by atoms with E-state index in [1.807, 2.05) is 12.1 Å². The largest absolute Gasteiger partial charge is 0.486 e. The van der Waals surface area contributed by atoms with Crippen molar-refractivity contribution in [3.05, 3.63) is 12.1 Å². The van der Waals surface area contributed by atoms with Gasteiger partial charge in [-0.15, -0.1) is 0 Å². The number of ether oxygens (including phenoxy) is 2. The Hall–Kier alpha value is -2.00. The summed E-state index contributed by atoms with van der Waals surface area (Å²) in [4.78, 5) is 29.7. The van der Waals surface area contributed by atoms with E-state index in [1.165, 1.54) is 23.1 Å². The molecule has 0 bridgehead atoms. The first-order chi connectivity index (χ1) is 11.7. The van der Waals surface area contributed by atoms with Crippen LogP contribution < -0.4 is 14.8 Å². The lowest BCUT2D eigenvalue weighted by molar-refractivity contribution is -0.116. The summed E-state index contributed by atoms with van der Waals surface area (Å²) in [5, 5.41) is 3.39. The van der Waals surface area contributed by atoms with Crippen LogP contribution in [0.5, 0.6) is 11.5 Å². The second-order valence-electron chi connectivity index (χ2n) is 5.38. The molecule has 0 atom stereocenters. The summed E-state index contributed by atoms with van der Waals surface area (Å²) in [5.41, 5.74) is 0.769. The van der Waals surface area contributed by atoms with E-state index in [0.29, 0.717) is 42.9 Å². The molecule has 2 aliphatic rings. The van der Waals surface area contributed by atoms with Gasteiger partial charge in [0.25, 0.3) is 5.24 Å². The van der Waals surface area contributed by atoms with Crippen LogP contribution in [0.15, 0.2) is 12.1 Å². The average Bonchev–Trinajstić information content (AvgIpc) is 3.15. The van der Waals surface area contributed by atoms with Gasteiger partial charge in [-0.1, -0.05) is 23.1 Å². The van der Waals surface area contributed by atoms with Gasteiger partial charge in [0.2, 0.25) is 5.91 Å². The van der Waals surface area contributed by atoms with Crippen LogP contribution >= 0.6 is 23.1 Å². The number of thioether (sulfide) groups is 1. The highest BCUT2D eigenvalue weighted by atomic mass is 32.2. The molecule has 0 aliphatic carbocycles. The highest BCUT2D eigenvalue weighted by Crippen LogP contribution is 2.37. The summed E-state index contributed by atoms with van der Waals surface area (Å²) in [5.74, 6) is 2.05. The monoisotopic (exact) mass is 365 g/mol. The van der Waals surface area contributed by atoms with Crippen molar-refractivity contribution in [3.8, 4) is 11.5 Å². The van der Waals surface area contributed by atoms with Gasteiger partial charge in [-0.25, -0.2) is 4.98 Å². The Balaban J connectivity index is 1.42. The van der Waals surface area contributed by atoms with E-state index in [1.54, 1.807) is 4.90 Å². The van der Waals surface area contributed by atoms with Crippen LogP contribution in [0, 0.1) is 0 Å². The van der Waals surface area contributed by atoms with Crippen LogP contribution in [0.2, 0.25) is 0 Å². The lowest BCUT2D eigenvalue weighted by atomic mass is 10.3. The molecule has 4 rings (SSSR count). The first-order valence-corrected chi connectivity index (χ1v) is 9.41. The Bertz CT molecular complexity index is 764. The number of nitrogens with zero attached hydrogens (tertiary/aromatic N) is 2. The maximum absolute atomic E-state index is 12.1. The van der Waals surface area contributed by atoms with Crippen LogP contribution in [0.4, 0.5) is 9.93 Å². The highest BCUT2D eigenvalue weighted by Gasteiger charge is 2.21. The van der Waals surface area contributed by atoms with E-state index >= 15 is 0 Å². The summed E-state index contributed by atoms with van der Waals surface area (Å²) in [6.45, 7) is 2.22. The molecule has 1 aromatic heterocycles. The van der Waals surface area contributed by atoms with Crippen LogP contribution in [-0.2, 0) is 4.79 Å². The van der Waals surface area contributed by atoms with Crippen molar-refractivity contribution in [1.29, 1.82) is 0 Å². The predicted molar refractivity (Wildman–Crippen MR) is 93.3 cm³/mol. The summed E-state index contributed by atoms with van der Waals surface area (Å²) in [6, 6.07) is 3.72. The number of aromatic nitrogens is 1. The Morgan fingerprint density at radius 3 is 2.83 bits per heavy atom. The molecule has 9 heteroatoms. The smallest absolute Gasteiger partial charge is 0.281 e. The second kappa shape index (κ2) is 6.48. The summed E-state index contributed by atoms with van der Waals surface area (Å²) < 4.78 is 12.0. The Morgan fingerprint density at radius 2 is 2.08 bits per heavy atom. The van der Waals surface area contributed by atoms with Crippen molar-refractivity contribution in [1.82, 2.24) is 9.88 Å². The molecule has 3 heterocycles. The normalized spacial score (nSPS) is 16.7. The molecular formula is C15H15N3O4S2. The van der Waals surface area contributed by atoms with Gasteiger partial charge in [-0.3, -0.25) is 9.59 Å². The molecular weight excluding hydrogens is 350 g/mol. The van der Waals surface area contributed by atoms with Crippen LogP contribution in [0.3, 0.4) is 0 Å². The summed E-state index contributed by atoms with van der Waals surface area (Å²) >= 11 is 2.69. The number of anilines is 1. The number of amides is 2. The van der Waals surface area contributed by atoms with Crippen molar-refractivity contribution in [3.63, 3.8) is 0 Å². The van der Waals surface area contributed by atoms with Gasteiger partial charge in [0.15, 0.2) is 16.6 Å². The quantitative estimate of drug-likeness (QED) is 0.897. The minimum atomic E-state index is -0.143. The molecule has 0 radical (unpaired) electrons. The fourth-order valence-corrected chi connectivity index (χ4v) is 4.31. The molecule has 0 unspecified atom stereocenters. The van der Waals surface area contributed by atoms with Crippen LogP contribution in [0.25, 0.3) is 10.2 Å². The van der Waals surface area contributed by atoms with Crippen molar-refractivity contribution in [2.24, 2.45) is 0 Å². The molecule has 1 saturated heterocycles. The third kappa shape index (κ3) is 3.13. The van der Waals surface area contributed by atoms with Crippen molar-refractivity contribution in [2.75, 3.05) is 37.4 Å². The standard InChI is InChI=1S/C15H15N3O4S2/c19-13(1-2-18-3-6-23-15(18)20)17-14-16-9-7-10-11(8-12(9)24-14)22-5-4-21-10/h7-8H,1-6H2,(H,16,17,19). The maximum Gasteiger partial charge on any atom is 0.281 e. The zero-order valence-electron chi connectivity index (χ0n) is 12.7. The van der Waals surface area contributed by atoms with Crippen molar-refractivity contribution >= 4 is 49.6 Å². The lowest BCUT2D eigenvalue weighted by Crippen LogP contribution is -2.27. The zero-order chi connectivity index (χ0) is 16.5. The third-order valence-electron chi connectivity index (χ3n) is 3.75. The van der Waals surface area contributed by atoms with E-state index < -0.39 is 0 Å². The Labute approximate surface area is 146 Å². The first-order valence-electron chi connectivity index (χ1n) is 7.61. The molecule has 7 nitrogen and oxygen atoms in total. The fourth-order valence-electron chi connectivity index (χ4n) is 2.57. The van der Waals surface area contributed by atoms with Gasteiger partial charge >= 0.3 is 0 Å². The van der Waals surface area contributed by atoms with Gasteiger partial charge in [-0.05, 0) is 0 Å². The third-order valence-corrected chi connectivity index (χ3v) is 5.58. The van der Waals surface area contributed by atoms with Gasteiger partial charge in [0, 0.05) is 37.4 Å². The molecule has 24 heavy (non-hydrogen) atoms.